The molecule has 0 fully saturated rings. The molecule has 1 rings (SSSR count). The van der Waals surface area contributed by atoms with Crippen molar-refractivity contribution in [2.24, 2.45) is 0 Å². The molecule has 0 spiro atoms. The molecular formula is C10H17N3O2. The van der Waals surface area contributed by atoms with Gasteiger partial charge in [-0.25, -0.2) is 0 Å². The van der Waals surface area contributed by atoms with Crippen molar-refractivity contribution in [2.75, 3.05) is 12.8 Å². The van der Waals surface area contributed by atoms with E-state index in [0.717, 1.165) is 17.1 Å². The van der Waals surface area contributed by atoms with Crippen molar-refractivity contribution >= 4 is 11.7 Å². The van der Waals surface area contributed by atoms with Gasteiger partial charge in [-0.1, -0.05) is 0 Å². The molecule has 0 aliphatic rings. The highest BCUT2D eigenvalue weighted by Gasteiger charge is 2.08. The summed E-state index contributed by atoms with van der Waals surface area (Å²) in [6, 6.07) is 0. The van der Waals surface area contributed by atoms with Crippen LogP contribution in [0.4, 0.5) is 5.69 Å². The van der Waals surface area contributed by atoms with Gasteiger partial charge in [0.25, 0.3) is 0 Å². The van der Waals surface area contributed by atoms with E-state index < -0.39 is 0 Å². The fourth-order valence-corrected chi connectivity index (χ4v) is 1.40. The van der Waals surface area contributed by atoms with E-state index in [2.05, 4.69) is 9.84 Å². The first-order valence-corrected chi connectivity index (χ1v) is 4.92. The summed E-state index contributed by atoms with van der Waals surface area (Å²) in [6.45, 7) is 4.49. The third kappa shape index (κ3) is 2.71. The summed E-state index contributed by atoms with van der Waals surface area (Å²) in [5, 5.41) is 4.27. The SMILES string of the molecule is COC(=O)CCCn1nc(C)c(N)c1C. The van der Waals surface area contributed by atoms with E-state index in [-0.39, 0.29) is 5.97 Å². The maximum Gasteiger partial charge on any atom is 0.305 e. The summed E-state index contributed by atoms with van der Waals surface area (Å²) in [5.74, 6) is -0.190. The van der Waals surface area contributed by atoms with Crippen LogP contribution in [0.2, 0.25) is 0 Å². The topological polar surface area (TPSA) is 70.1 Å². The molecule has 5 heteroatoms. The Morgan fingerprint density at radius 3 is 2.67 bits per heavy atom. The molecule has 5 nitrogen and oxygen atoms in total. The second-order valence-electron chi connectivity index (χ2n) is 3.49. The van der Waals surface area contributed by atoms with E-state index in [1.807, 2.05) is 18.5 Å². The molecular weight excluding hydrogens is 194 g/mol. The molecule has 0 bridgehead atoms. The van der Waals surface area contributed by atoms with Gasteiger partial charge < -0.3 is 10.5 Å². The van der Waals surface area contributed by atoms with E-state index in [1.54, 1.807) is 0 Å². The van der Waals surface area contributed by atoms with Gasteiger partial charge in [0.1, 0.15) is 0 Å². The zero-order valence-electron chi connectivity index (χ0n) is 9.41. The standard InChI is InChI=1S/C10H17N3O2/c1-7-10(11)8(2)13(12-7)6-4-5-9(14)15-3/h4-6,11H2,1-3H3. The van der Waals surface area contributed by atoms with Crippen molar-refractivity contribution in [1.29, 1.82) is 0 Å². The van der Waals surface area contributed by atoms with Gasteiger partial charge in [0, 0.05) is 13.0 Å². The molecule has 84 valence electrons. The largest absolute Gasteiger partial charge is 0.469 e. The van der Waals surface area contributed by atoms with E-state index in [1.165, 1.54) is 7.11 Å². The van der Waals surface area contributed by atoms with Gasteiger partial charge in [0.2, 0.25) is 0 Å². The van der Waals surface area contributed by atoms with Crippen LogP contribution < -0.4 is 5.73 Å². The Labute approximate surface area is 89.2 Å². The maximum atomic E-state index is 10.9. The number of hydrogen-bond acceptors (Lipinski definition) is 4. The molecule has 0 aromatic carbocycles. The van der Waals surface area contributed by atoms with Crippen LogP contribution in [-0.4, -0.2) is 22.9 Å². The number of nitrogen functional groups attached to an aromatic ring is 1. The van der Waals surface area contributed by atoms with Gasteiger partial charge >= 0.3 is 5.97 Å². The third-order valence-corrected chi connectivity index (χ3v) is 2.42. The van der Waals surface area contributed by atoms with Crippen LogP contribution in [0.25, 0.3) is 0 Å². The van der Waals surface area contributed by atoms with Crippen molar-refractivity contribution in [3.8, 4) is 0 Å². The Balaban J connectivity index is 2.51. The molecule has 1 aromatic heterocycles. The lowest BCUT2D eigenvalue weighted by atomic mass is 10.3. The fourth-order valence-electron chi connectivity index (χ4n) is 1.40. The average Bonchev–Trinajstić information content (AvgIpc) is 2.46. The molecule has 15 heavy (non-hydrogen) atoms. The summed E-state index contributed by atoms with van der Waals surface area (Å²) >= 11 is 0. The normalized spacial score (nSPS) is 10.3. The van der Waals surface area contributed by atoms with Crippen molar-refractivity contribution in [3.63, 3.8) is 0 Å². The van der Waals surface area contributed by atoms with Crippen molar-refractivity contribution in [2.45, 2.75) is 33.2 Å². The Kier molecular flexibility index (Phi) is 3.71. The Morgan fingerprint density at radius 1 is 1.53 bits per heavy atom. The van der Waals surface area contributed by atoms with Gasteiger partial charge in [-0.15, -0.1) is 0 Å². The molecule has 0 saturated carbocycles. The number of anilines is 1. The first-order chi connectivity index (χ1) is 7.06. The van der Waals surface area contributed by atoms with Crippen LogP contribution in [0.15, 0.2) is 0 Å². The third-order valence-electron chi connectivity index (χ3n) is 2.42. The number of nitrogens with two attached hydrogens (primary N) is 1. The van der Waals surface area contributed by atoms with E-state index >= 15 is 0 Å². The number of ether oxygens (including phenoxy) is 1. The number of carbonyl (C=O) groups is 1. The molecule has 0 saturated heterocycles. The van der Waals surface area contributed by atoms with Crippen molar-refractivity contribution < 1.29 is 9.53 Å². The molecule has 1 aromatic rings. The summed E-state index contributed by atoms with van der Waals surface area (Å²) in [7, 11) is 1.39. The lowest BCUT2D eigenvalue weighted by molar-refractivity contribution is -0.140. The Bertz CT molecular complexity index is 358. The highest BCUT2D eigenvalue weighted by molar-refractivity contribution is 5.68. The molecule has 0 radical (unpaired) electrons. The van der Waals surface area contributed by atoms with Gasteiger partial charge in [-0.05, 0) is 20.3 Å². The maximum absolute atomic E-state index is 10.9. The number of aromatic nitrogens is 2. The minimum atomic E-state index is -0.190. The van der Waals surface area contributed by atoms with E-state index in [9.17, 15) is 4.79 Å². The lowest BCUT2D eigenvalue weighted by Gasteiger charge is -2.03. The zero-order chi connectivity index (χ0) is 11.4. The number of methoxy groups -OCH3 is 1. The van der Waals surface area contributed by atoms with Crippen LogP contribution in [0.5, 0.6) is 0 Å². The van der Waals surface area contributed by atoms with Gasteiger partial charge in [0.15, 0.2) is 0 Å². The smallest absolute Gasteiger partial charge is 0.305 e. The minimum Gasteiger partial charge on any atom is -0.469 e. The molecule has 1 heterocycles. The number of carbonyl (C=O) groups excluding carboxylic acids is 1. The number of nitrogens with zero attached hydrogens (tertiary/aromatic N) is 2. The first-order valence-electron chi connectivity index (χ1n) is 4.92. The lowest BCUT2D eigenvalue weighted by Crippen LogP contribution is -2.06. The van der Waals surface area contributed by atoms with Gasteiger partial charge in [-0.3, -0.25) is 9.48 Å². The summed E-state index contributed by atoms with van der Waals surface area (Å²) in [5.41, 5.74) is 8.31. The fraction of sp³-hybridized carbons (Fsp3) is 0.600. The quantitative estimate of drug-likeness (QED) is 0.755. The minimum absolute atomic E-state index is 0.190. The van der Waals surface area contributed by atoms with Gasteiger partial charge in [0.05, 0.1) is 24.2 Å². The zero-order valence-corrected chi connectivity index (χ0v) is 9.41. The number of rotatable bonds is 4. The number of esters is 1. The van der Waals surface area contributed by atoms with Crippen LogP contribution in [0.3, 0.4) is 0 Å². The summed E-state index contributed by atoms with van der Waals surface area (Å²) < 4.78 is 6.38. The van der Waals surface area contributed by atoms with E-state index in [4.69, 9.17) is 5.73 Å². The predicted molar refractivity (Wildman–Crippen MR) is 57.4 cm³/mol. The van der Waals surface area contributed by atoms with Gasteiger partial charge in [-0.2, -0.15) is 5.10 Å². The molecule has 0 atom stereocenters. The second kappa shape index (κ2) is 4.82. The van der Waals surface area contributed by atoms with Crippen LogP contribution in [0.1, 0.15) is 24.2 Å². The number of hydrogen-bond donors (Lipinski definition) is 1. The molecule has 2 N–H and O–H groups in total. The molecule has 0 amide bonds. The molecule has 0 aliphatic heterocycles. The van der Waals surface area contributed by atoms with Crippen LogP contribution in [-0.2, 0) is 16.1 Å². The highest BCUT2D eigenvalue weighted by atomic mass is 16.5. The highest BCUT2D eigenvalue weighted by Crippen LogP contribution is 2.15. The predicted octanol–water partition coefficient (Wildman–Crippen LogP) is 1.04. The summed E-state index contributed by atoms with van der Waals surface area (Å²) in [4.78, 5) is 10.9. The van der Waals surface area contributed by atoms with Crippen molar-refractivity contribution in [1.82, 2.24) is 9.78 Å². The van der Waals surface area contributed by atoms with Crippen LogP contribution in [0, 0.1) is 13.8 Å². The summed E-state index contributed by atoms with van der Waals surface area (Å²) in [6.07, 6.45) is 1.13. The van der Waals surface area contributed by atoms with E-state index in [0.29, 0.717) is 19.4 Å². The van der Waals surface area contributed by atoms with Crippen LogP contribution >= 0.6 is 0 Å². The first kappa shape index (κ1) is 11.6. The molecule has 0 aliphatic carbocycles. The second-order valence-corrected chi connectivity index (χ2v) is 3.49. The average molecular weight is 211 g/mol. The molecule has 0 unspecified atom stereocenters. The Hall–Kier alpha value is -1.52. The monoisotopic (exact) mass is 211 g/mol. The number of aryl methyl sites for hydroxylation is 2. The Morgan fingerprint density at radius 2 is 2.20 bits per heavy atom. The van der Waals surface area contributed by atoms with Crippen molar-refractivity contribution in [3.05, 3.63) is 11.4 Å².